The van der Waals surface area contributed by atoms with Crippen LogP contribution in [0.1, 0.15) is 27.2 Å². The third kappa shape index (κ3) is 4.19. The minimum absolute atomic E-state index is 0.00125. The predicted octanol–water partition coefficient (Wildman–Crippen LogP) is 1.79. The molecule has 4 nitrogen and oxygen atoms in total. The molecule has 5 heteroatoms. The SMILES string of the molecule is CCC(C)(C)NC(=O)Cn1cc(I)cn1. The summed E-state index contributed by atoms with van der Waals surface area (Å²) in [5, 5.41) is 7.02. The predicted molar refractivity (Wildman–Crippen MR) is 67.5 cm³/mol. The highest BCUT2D eigenvalue weighted by Gasteiger charge is 2.17. The quantitative estimate of drug-likeness (QED) is 0.860. The molecule has 0 aliphatic carbocycles. The molecule has 1 aromatic rings. The largest absolute Gasteiger partial charge is 0.350 e. The van der Waals surface area contributed by atoms with Crippen LogP contribution in [-0.2, 0) is 11.3 Å². The maximum absolute atomic E-state index is 11.6. The average Bonchev–Trinajstić information content (AvgIpc) is 2.50. The summed E-state index contributed by atoms with van der Waals surface area (Å²) >= 11 is 2.17. The molecule has 84 valence electrons. The van der Waals surface area contributed by atoms with E-state index in [0.29, 0.717) is 0 Å². The van der Waals surface area contributed by atoms with Crippen LogP contribution in [0.4, 0.5) is 0 Å². The zero-order chi connectivity index (χ0) is 11.5. The van der Waals surface area contributed by atoms with Crippen molar-refractivity contribution in [1.82, 2.24) is 15.1 Å². The first-order valence-electron chi connectivity index (χ1n) is 4.92. The number of aromatic nitrogens is 2. The third-order valence-electron chi connectivity index (χ3n) is 2.27. The first kappa shape index (κ1) is 12.5. The minimum Gasteiger partial charge on any atom is -0.350 e. The van der Waals surface area contributed by atoms with Gasteiger partial charge in [-0.05, 0) is 42.9 Å². The van der Waals surface area contributed by atoms with E-state index >= 15 is 0 Å². The molecular weight excluding hydrogens is 305 g/mol. The number of nitrogens with zero attached hydrogens (tertiary/aromatic N) is 2. The van der Waals surface area contributed by atoms with E-state index in [2.05, 4.69) is 39.9 Å². The van der Waals surface area contributed by atoms with Crippen molar-refractivity contribution >= 4 is 28.5 Å². The molecule has 0 atom stereocenters. The van der Waals surface area contributed by atoms with Crippen molar-refractivity contribution in [3.8, 4) is 0 Å². The summed E-state index contributed by atoms with van der Waals surface area (Å²) in [6, 6.07) is 0. The molecule has 1 aromatic heterocycles. The molecule has 1 rings (SSSR count). The van der Waals surface area contributed by atoms with Crippen molar-refractivity contribution in [2.75, 3.05) is 0 Å². The van der Waals surface area contributed by atoms with Gasteiger partial charge in [-0.2, -0.15) is 5.10 Å². The van der Waals surface area contributed by atoms with E-state index in [4.69, 9.17) is 0 Å². The molecule has 0 unspecified atom stereocenters. The standard InChI is InChI=1S/C10H16IN3O/c1-4-10(2,3)13-9(15)7-14-6-8(11)5-12-14/h5-6H,4,7H2,1-3H3,(H,13,15). The molecule has 0 aromatic carbocycles. The Morgan fingerprint density at radius 3 is 2.80 bits per heavy atom. The summed E-state index contributed by atoms with van der Waals surface area (Å²) < 4.78 is 2.68. The first-order valence-corrected chi connectivity index (χ1v) is 6.00. The van der Waals surface area contributed by atoms with Crippen molar-refractivity contribution in [1.29, 1.82) is 0 Å². The number of hydrogen-bond donors (Lipinski definition) is 1. The molecule has 0 radical (unpaired) electrons. The Hall–Kier alpha value is -0.590. The minimum atomic E-state index is -0.141. The van der Waals surface area contributed by atoms with Crippen LogP contribution in [0.15, 0.2) is 12.4 Å². The molecule has 15 heavy (non-hydrogen) atoms. The first-order chi connectivity index (χ1) is 6.93. The van der Waals surface area contributed by atoms with Crippen LogP contribution in [0.25, 0.3) is 0 Å². The van der Waals surface area contributed by atoms with Crippen molar-refractivity contribution in [3.05, 3.63) is 16.0 Å². The Balaban J connectivity index is 2.50. The average molecular weight is 321 g/mol. The van der Waals surface area contributed by atoms with Gasteiger partial charge in [0.2, 0.25) is 5.91 Å². The van der Waals surface area contributed by atoms with Gasteiger partial charge in [0, 0.05) is 11.7 Å². The summed E-state index contributed by atoms with van der Waals surface area (Å²) in [6.45, 7) is 6.36. The lowest BCUT2D eigenvalue weighted by Gasteiger charge is -2.24. The fourth-order valence-corrected chi connectivity index (χ4v) is 1.52. The fourth-order valence-electron chi connectivity index (χ4n) is 1.08. The number of amides is 1. The Labute approximate surface area is 104 Å². The Kier molecular flexibility index (Phi) is 4.12. The Morgan fingerprint density at radius 1 is 1.67 bits per heavy atom. The van der Waals surface area contributed by atoms with Gasteiger partial charge in [0.1, 0.15) is 6.54 Å². The highest BCUT2D eigenvalue weighted by Crippen LogP contribution is 2.07. The zero-order valence-corrected chi connectivity index (χ0v) is 11.4. The van der Waals surface area contributed by atoms with Crippen LogP contribution < -0.4 is 5.32 Å². The van der Waals surface area contributed by atoms with Gasteiger partial charge in [0.15, 0.2) is 0 Å². The molecule has 0 spiro atoms. The molecule has 0 aliphatic heterocycles. The molecular formula is C10H16IN3O. The van der Waals surface area contributed by atoms with Crippen LogP contribution in [0.2, 0.25) is 0 Å². The third-order valence-corrected chi connectivity index (χ3v) is 2.83. The van der Waals surface area contributed by atoms with Gasteiger partial charge in [0.25, 0.3) is 0 Å². The fraction of sp³-hybridized carbons (Fsp3) is 0.600. The van der Waals surface area contributed by atoms with Crippen LogP contribution in [-0.4, -0.2) is 21.2 Å². The van der Waals surface area contributed by atoms with Crippen LogP contribution in [0.5, 0.6) is 0 Å². The lowest BCUT2D eigenvalue weighted by Crippen LogP contribution is -2.44. The van der Waals surface area contributed by atoms with E-state index in [9.17, 15) is 4.79 Å². The Morgan fingerprint density at radius 2 is 2.33 bits per heavy atom. The van der Waals surface area contributed by atoms with E-state index in [1.807, 2.05) is 20.0 Å². The van der Waals surface area contributed by atoms with Gasteiger partial charge in [-0.1, -0.05) is 6.92 Å². The lowest BCUT2D eigenvalue weighted by atomic mass is 10.0. The van der Waals surface area contributed by atoms with Gasteiger partial charge in [0.05, 0.1) is 9.77 Å². The van der Waals surface area contributed by atoms with E-state index in [1.165, 1.54) is 0 Å². The van der Waals surface area contributed by atoms with Crippen LogP contribution in [0.3, 0.4) is 0 Å². The summed E-state index contributed by atoms with van der Waals surface area (Å²) in [5.74, 6) is 0.00125. The number of rotatable bonds is 4. The van der Waals surface area contributed by atoms with Gasteiger partial charge < -0.3 is 5.32 Å². The highest BCUT2D eigenvalue weighted by atomic mass is 127. The second-order valence-electron chi connectivity index (χ2n) is 4.14. The van der Waals surface area contributed by atoms with Crippen LogP contribution in [0, 0.1) is 3.57 Å². The summed E-state index contributed by atoms with van der Waals surface area (Å²) in [6.07, 6.45) is 4.49. The molecule has 1 N–H and O–H groups in total. The second-order valence-corrected chi connectivity index (χ2v) is 5.39. The van der Waals surface area contributed by atoms with Crippen molar-refractivity contribution in [3.63, 3.8) is 0 Å². The number of halogens is 1. The molecule has 0 bridgehead atoms. The van der Waals surface area contributed by atoms with Crippen LogP contribution >= 0.6 is 22.6 Å². The van der Waals surface area contributed by atoms with Gasteiger partial charge in [-0.15, -0.1) is 0 Å². The second kappa shape index (κ2) is 4.96. The molecule has 1 heterocycles. The summed E-state index contributed by atoms with van der Waals surface area (Å²) in [5.41, 5.74) is -0.141. The number of hydrogen-bond acceptors (Lipinski definition) is 2. The lowest BCUT2D eigenvalue weighted by molar-refractivity contribution is -0.123. The smallest absolute Gasteiger partial charge is 0.242 e. The monoisotopic (exact) mass is 321 g/mol. The zero-order valence-electron chi connectivity index (χ0n) is 9.25. The normalized spacial score (nSPS) is 11.5. The van der Waals surface area contributed by atoms with Crippen molar-refractivity contribution in [2.45, 2.75) is 39.3 Å². The van der Waals surface area contributed by atoms with E-state index in [1.54, 1.807) is 10.9 Å². The summed E-state index contributed by atoms with van der Waals surface area (Å²) in [4.78, 5) is 11.6. The maximum Gasteiger partial charge on any atom is 0.242 e. The number of carbonyl (C=O) groups excluding carboxylic acids is 1. The number of carbonyl (C=O) groups is 1. The van der Waals surface area contributed by atoms with Crippen molar-refractivity contribution < 1.29 is 4.79 Å². The molecule has 0 aliphatic rings. The topological polar surface area (TPSA) is 46.9 Å². The van der Waals surface area contributed by atoms with E-state index in [0.717, 1.165) is 9.99 Å². The summed E-state index contributed by atoms with van der Waals surface area (Å²) in [7, 11) is 0. The number of nitrogens with one attached hydrogen (secondary N) is 1. The molecule has 0 saturated carbocycles. The highest BCUT2D eigenvalue weighted by molar-refractivity contribution is 14.1. The van der Waals surface area contributed by atoms with Crippen molar-refractivity contribution in [2.24, 2.45) is 0 Å². The van der Waals surface area contributed by atoms with Gasteiger partial charge >= 0.3 is 0 Å². The van der Waals surface area contributed by atoms with E-state index < -0.39 is 0 Å². The maximum atomic E-state index is 11.6. The molecule has 1 amide bonds. The Bertz CT molecular complexity index is 346. The molecule has 0 saturated heterocycles. The van der Waals surface area contributed by atoms with Gasteiger partial charge in [-0.25, -0.2) is 0 Å². The van der Waals surface area contributed by atoms with Gasteiger partial charge in [-0.3, -0.25) is 9.48 Å². The molecule has 0 fully saturated rings. The van der Waals surface area contributed by atoms with E-state index in [-0.39, 0.29) is 18.0 Å².